The van der Waals surface area contributed by atoms with Gasteiger partial charge in [-0.25, -0.2) is 4.79 Å². The first kappa shape index (κ1) is 14.3. The lowest BCUT2D eigenvalue weighted by Crippen LogP contribution is -2.32. The molecule has 0 atom stereocenters. The van der Waals surface area contributed by atoms with Crippen LogP contribution in [-0.4, -0.2) is 29.1 Å². The van der Waals surface area contributed by atoms with E-state index < -0.39 is 11.2 Å². The van der Waals surface area contributed by atoms with E-state index in [2.05, 4.69) is 10.1 Å². The van der Waals surface area contributed by atoms with Gasteiger partial charge in [0.15, 0.2) is 11.5 Å². The predicted octanol–water partition coefficient (Wildman–Crippen LogP) is 1.34. The quantitative estimate of drug-likeness (QED) is 0.721. The molecule has 0 fully saturated rings. The number of hydrogen-bond donors (Lipinski definition) is 1. The first-order valence-corrected chi connectivity index (χ1v) is 7.40. The minimum atomic E-state index is -0.590. The third-order valence-corrected chi connectivity index (χ3v) is 3.67. The largest absolute Gasteiger partial charge is 0.486 e. The molecule has 0 bridgehead atoms. The zero-order chi connectivity index (χ0) is 16.5. The van der Waals surface area contributed by atoms with Gasteiger partial charge >= 0.3 is 5.69 Å². The zero-order valence-corrected chi connectivity index (χ0v) is 12.6. The summed E-state index contributed by atoms with van der Waals surface area (Å²) >= 11 is 0. The molecule has 0 radical (unpaired) electrons. The summed E-state index contributed by atoms with van der Waals surface area (Å²) in [5.41, 5.74) is 0.118. The van der Waals surface area contributed by atoms with Crippen LogP contribution in [-0.2, 0) is 0 Å². The lowest BCUT2D eigenvalue weighted by atomic mass is 10.2. The molecular formula is C17H13N3O4. The fourth-order valence-electron chi connectivity index (χ4n) is 2.52. The van der Waals surface area contributed by atoms with E-state index in [-0.39, 0.29) is 0 Å². The van der Waals surface area contributed by atoms with E-state index in [0.717, 1.165) is 4.68 Å². The van der Waals surface area contributed by atoms with Gasteiger partial charge in [0.2, 0.25) is 0 Å². The highest BCUT2D eigenvalue weighted by Crippen LogP contribution is 2.30. The minimum absolute atomic E-state index is 0.399. The second-order valence-corrected chi connectivity index (χ2v) is 5.24. The van der Waals surface area contributed by atoms with Crippen molar-refractivity contribution in [2.45, 2.75) is 0 Å². The molecule has 2 aromatic carbocycles. The average Bonchev–Trinajstić information content (AvgIpc) is 2.61. The number of para-hydroxylation sites is 1. The fraction of sp³-hybridized carbons (Fsp3) is 0.118. The first-order valence-electron chi connectivity index (χ1n) is 7.40. The van der Waals surface area contributed by atoms with Crippen molar-refractivity contribution in [3.05, 3.63) is 68.9 Å². The van der Waals surface area contributed by atoms with Crippen LogP contribution < -0.4 is 20.7 Å². The number of rotatable bonds is 2. The van der Waals surface area contributed by atoms with Gasteiger partial charge in [0.05, 0.1) is 17.1 Å². The summed E-state index contributed by atoms with van der Waals surface area (Å²) in [6.45, 7) is 1.000. The van der Waals surface area contributed by atoms with Crippen LogP contribution in [0.15, 0.2) is 57.2 Å². The number of H-pyrrole nitrogens is 1. The summed E-state index contributed by atoms with van der Waals surface area (Å²) in [4.78, 5) is 27.1. The SMILES string of the molecule is O=c1[nH]c2ccccc2c(=O)n1/N=C/c1ccc2c(c1)OCCO2. The molecule has 1 aromatic heterocycles. The molecule has 0 saturated heterocycles. The Labute approximate surface area is 135 Å². The Kier molecular flexibility index (Phi) is 3.38. The molecule has 0 spiro atoms. The number of fused-ring (bicyclic) bond motifs is 2. The van der Waals surface area contributed by atoms with Crippen molar-refractivity contribution >= 4 is 17.1 Å². The third-order valence-electron chi connectivity index (χ3n) is 3.67. The fourth-order valence-corrected chi connectivity index (χ4v) is 2.52. The highest BCUT2D eigenvalue weighted by Gasteiger charge is 2.11. The van der Waals surface area contributed by atoms with Crippen molar-refractivity contribution < 1.29 is 9.47 Å². The Hall–Kier alpha value is -3.35. The molecule has 7 heteroatoms. The Bertz CT molecular complexity index is 1070. The average molecular weight is 323 g/mol. The summed E-state index contributed by atoms with van der Waals surface area (Å²) in [7, 11) is 0. The van der Waals surface area contributed by atoms with Crippen molar-refractivity contribution in [3.63, 3.8) is 0 Å². The molecule has 3 aromatic rings. The molecule has 1 N–H and O–H groups in total. The Morgan fingerprint density at radius 2 is 1.83 bits per heavy atom. The smallest absolute Gasteiger partial charge is 0.349 e. The number of benzene rings is 2. The lowest BCUT2D eigenvalue weighted by Gasteiger charge is -2.18. The van der Waals surface area contributed by atoms with E-state index in [1.54, 1.807) is 42.5 Å². The molecular weight excluding hydrogens is 310 g/mol. The van der Waals surface area contributed by atoms with Crippen LogP contribution in [0.3, 0.4) is 0 Å². The Morgan fingerprint density at radius 3 is 2.71 bits per heavy atom. The van der Waals surface area contributed by atoms with Crippen LogP contribution in [0.4, 0.5) is 0 Å². The third kappa shape index (κ3) is 2.45. The van der Waals surface area contributed by atoms with E-state index in [1.165, 1.54) is 6.21 Å². The molecule has 0 aliphatic carbocycles. The summed E-state index contributed by atoms with van der Waals surface area (Å²) in [6, 6.07) is 12.1. The number of aromatic nitrogens is 2. The maximum atomic E-state index is 12.4. The molecule has 24 heavy (non-hydrogen) atoms. The number of ether oxygens (including phenoxy) is 2. The monoisotopic (exact) mass is 323 g/mol. The second-order valence-electron chi connectivity index (χ2n) is 5.24. The molecule has 1 aliphatic rings. The van der Waals surface area contributed by atoms with Crippen LogP contribution in [0.25, 0.3) is 10.9 Å². The van der Waals surface area contributed by atoms with Gasteiger partial charge in [-0.05, 0) is 35.9 Å². The highest BCUT2D eigenvalue weighted by molar-refractivity contribution is 5.81. The van der Waals surface area contributed by atoms with E-state index in [9.17, 15) is 9.59 Å². The molecule has 0 saturated carbocycles. The lowest BCUT2D eigenvalue weighted by molar-refractivity contribution is 0.171. The zero-order valence-electron chi connectivity index (χ0n) is 12.6. The van der Waals surface area contributed by atoms with Crippen molar-refractivity contribution in [2.24, 2.45) is 5.10 Å². The van der Waals surface area contributed by atoms with Crippen LogP contribution in [0.1, 0.15) is 5.56 Å². The van der Waals surface area contributed by atoms with Crippen molar-refractivity contribution in [3.8, 4) is 11.5 Å². The summed E-state index contributed by atoms with van der Waals surface area (Å²) in [5, 5.41) is 4.41. The number of hydrogen-bond acceptors (Lipinski definition) is 5. The van der Waals surface area contributed by atoms with E-state index in [4.69, 9.17) is 9.47 Å². The Morgan fingerprint density at radius 1 is 1.04 bits per heavy atom. The molecule has 1 aliphatic heterocycles. The van der Waals surface area contributed by atoms with Crippen LogP contribution in [0.5, 0.6) is 11.5 Å². The number of nitrogens with zero attached hydrogens (tertiary/aromatic N) is 2. The number of aromatic amines is 1. The van der Waals surface area contributed by atoms with Gasteiger partial charge in [-0.1, -0.05) is 12.1 Å². The van der Waals surface area contributed by atoms with Gasteiger partial charge in [-0.15, -0.1) is 4.68 Å². The van der Waals surface area contributed by atoms with Gasteiger partial charge in [0, 0.05) is 0 Å². The predicted molar refractivity (Wildman–Crippen MR) is 89.3 cm³/mol. The molecule has 0 unspecified atom stereocenters. The molecule has 7 nitrogen and oxygen atoms in total. The summed E-state index contributed by atoms with van der Waals surface area (Å²) in [5.74, 6) is 1.28. The number of nitrogens with one attached hydrogen (secondary N) is 1. The summed E-state index contributed by atoms with van der Waals surface area (Å²) in [6.07, 6.45) is 1.43. The molecule has 120 valence electrons. The van der Waals surface area contributed by atoms with E-state index in [0.29, 0.717) is 41.2 Å². The van der Waals surface area contributed by atoms with E-state index >= 15 is 0 Å². The van der Waals surface area contributed by atoms with Crippen molar-refractivity contribution in [2.75, 3.05) is 13.2 Å². The Balaban J connectivity index is 1.75. The van der Waals surface area contributed by atoms with Crippen LogP contribution >= 0.6 is 0 Å². The second kappa shape index (κ2) is 5.69. The highest BCUT2D eigenvalue weighted by atomic mass is 16.6. The van der Waals surface area contributed by atoms with Crippen LogP contribution in [0, 0.1) is 0 Å². The van der Waals surface area contributed by atoms with E-state index in [1.807, 2.05) is 0 Å². The normalized spacial score (nSPS) is 13.5. The summed E-state index contributed by atoms with van der Waals surface area (Å²) < 4.78 is 11.8. The topological polar surface area (TPSA) is 85.7 Å². The van der Waals surface area contributed by atoms with Gasteiger partial charge in [0.25, 0.3) is 5.56 Å². The maximum absolute atomic E-state index is 12.4. The first-order chi connectivity index (χ1) is 11.7. The minimum Gasteiger partial charge on any atom is -0.486 e. The molecule has 2 heterocycles. The standard InChI is InChI=1S/C17H13N3O4/c21-16-12-3-1-2-4-13(12)19-17(22)20(16)18-10-11-5-6-14-15(9-11)24-8-7-23-14/h1-6,9-10H,7-8H2,(H,19,22)/b18-10+. The molecule has 0 amide bonds. The van der Waals surface area contributed by atoms with Gasteiger partial charge in [-0.3, -0.25) is 4.79 Å². The molecule has 4 rings (SSSR count). The van der Waals surface area contributed by atoms with Crippen molar-refractivity contribution in [1.29, 1.82) is 0 Å². The van der Waals surface area contributed by atoms with Gasteiger partial charge < -0.3 is 14.5 Å². The van der Waals surface area contributed by atoms with Gasteiger partial charge in [-0.2, -0.15) is 5.10 Å². The van der Waals surface area contributed by atoms with Crippen molar-refractivity contribution in [1.82, 2.24) is 9.66 Å². The maximum Gasteiger partial charge on any atom is 0.349 e. The van der Waals surface area contributed by atoms with Gasteiger partial charge in [0.1, 0.15) is 13.2 Å². The van der Waals surface area contributed by atoms with Crippen LogP contribution in [0.2, 0.25) is 0 Å².